The Labute approximate surface area is 136 Å². The second-order valence-corrected chi connectivity index (χ2v) is 7.98. The largest absolute Gasteiger partial charge is 0.311 e. The SMILES string of the molecule is ClC1=CC=C(C2(c3nnc(C4CC4)n3C3CC3)CCC2)CC1. The van der Waals surface area contributed by atoms with Crippen molar-refractivity contribution in [3.05, 3.63) is 34.4 Å². The molecule has 22 heavy (non-hydrogen) atoms. The van der Waals surface area contributed by atoms with E-state index in [1.165, 1.54) is 56.6 Å². The van der Waals surface area contributed by atoms with Crippen LogP contribution >= 0.6 is 11.6 Å². The Morgan fingerprint density at radius 2 is 1.86 bits per heavy atom. The van der Waals surface area contributed by atoms with Gasteiger partial charge >= 0.3 is 0 Å². The molecule has 4 aliphatic carbocycles. The quantitative estimate of drug-likeness (QED) is 0.802. The molecule has 116 valence electrons. The first kappa shape index (κ1) is 13.4. The summed E-state index contributed by atoms with van der Waals surface area (Å²) in [7, 11) is 0. The van der Waals surface area contributed by atoms with E-state index in [1.54, 1.807) is 5.57 Å². The van der Waals surface area contributed by atoms with Gasteiger partial charge in [0.05, 0.1) is 5.41 Å². The molecule has 1 aromatic heterocycles. The van der Waals surface area contributed by atoms with Crippen molar-refractivity contribution >= 4 is 11.6 Å². The number of hydrogen-bond donors (Lipinski definition) is 0. The molecule has 5 rings (SSSR count). The maximum absolute atomic E-state index is 6.17. The van der Waals surface area contributed by atoms with Gasteiger partial charge in [0, 0.05) is 17.0 Å². The van der Waals surface area contributed by atoms with E-state index in [0.717, 1.165) is 17.9 Å². The lowest BCUT2D eigenvalue weighted by molar-refractivity contribution is 0.260. The van der Waals surface area contributed by atoms with Crippen molar-refractivity contribution in [3.8, 4) is 0 Å². The van der Waals surface area contributed by atoms with E-state index in [4.69, 9.17) is 16.7 Å². The second-order valence-electron chi connectivity index (χ2n) is 7.50. The van der Waals surface area contributed by atoms with Crippen LogP contribution in [-0.2, 0) is 5.41 Å². The lowest BCUT2D eigenvalue weighted by Crippen LogP contribution is -2.39. The Kier molecular flexibility index (Phi) is 2.86. The zero-order valence-corrected chi connectivity index (χ0v) is 13.6. The number of rotatable bonds is 4. The Morgan fingerprint density at radius 3 is 2.41 bits per heavy atom. The summed E-state index contributed by atoms with van der Waals surface area (Å²) in [5, 5.41) is 10.4. The molecule has 0 aliphatic heterocycles. The molecule has 0 spiro atoms. The molecule has 0 radical (unpaired) electrons. The molecule has 0 N–H and O–H groups in total. The van der Waals surface area contributed by atoms with E-state index in [9.17, 15) is 0 Å². The highest BCUT2D eigenvalue weighted by Crippen LogP contribution is 2.54. The number of aromatic nitrogens is 3. The van der Waals surface area contributed by atoms with Crippen LogP contribution in [0.5, 0.6) is 0 Å². The van der Waals surface area contributed by atoms with Gasteiger partial charge in [-0.3, -0.25) is 0 Å². The van der Waals surface area contributed by atoms with Crippen molar-refractivity contribution in [1.82, 2.24) is 14.8 Å². The maximum atomic E-state index is 6.17. The third-order valence-electron chi connectivity index (χ3n) is 5.93. The van der Waals surface area contributed by atoms with E-state index < -0.39 is 0 Å². The van der Waals surface area contributed by atoms with Crippen molar-refractivity contribution in [2.45, 2.75) is 75.2 Å². The molecule has 0 saturated heterocycles. The summed E-state index contributed by atoms with van der Waals surface area (Å²) >= 11 is 6.17. The molecular weight excluding hydrogens is 294 g/mol. The smallest absolute Gasteiger partial charge is 0.143 e. The lowest BCUT2D eigenvalue weighted by Gasteiger charge is -2.44. The van der Waals surface area contributed by atoms with Gasteiger partial charge in [0.1, 0.15) is 11.6 Å². The molecule has 0 aromatic carbocycles. The van der Waals surface area contributed by atoms with Crippen molar-refractivity contribution in [3.63, 3.8) is 0 Å². The predicted octanol–water partition coefficient (Wildman–Crippen LogP) is 4.76. The minimum atomic E-state index is 0.164. The highest BCUT2D eigenvalue weighted by molar-refractivity contribution is 6.29. The number of nitrogens with zero attached hydrogens (tertiary/aromatic N) is 3. The highest BCUT2D eigenvalue weighted by Gasteiger charge is 2.49. The van der Waals surface area contributed by atoms with Crippen LogP contribution in [0.2, 0.25) is 0 Å². The van der Waals surface area contributed by atoms with Gasteiger partial charge < -0.3 is 4.57 Å². The normalized spacial score (nSPS) is 27.1. The fourth-order valence-electron chi connectivity index (χ4n) is 4.17. The summed E-state index contributed by atoms with van der Waals surface area (Å²) in [6.07, 6.45) is 15.5. The first-order valence-corrected chi connectivity index (χ1v) is 9.17. The molecule has 3 fully saturated rings. The van der Waals surface area contributed by atoms with Gasteiger partial charge in [0.2, 0.25) is 0 Å². The fraction of sp³-hybridized carbons (Fsp3) is 0.667. The molecule has 1 heterocycles. The molecule has 4 heteroatoms. The molecule has 3 nitrogen and oxygen atoms in total. The lowest BCUT2D eigenvalue weighted by atomic mass is 9.61. The first-order valence-electron chi connectivity index (χ1n) is 8.79. The van der Waals surface area contributed by atoms with Crippen LogP contribution in [-0.4, -0.2) is 14.8 Å². The summed E-state index contributed by atoms with van der Waals surface area (Å²) in [6.45, 7) is 0. The number of hydrogen-bond acceptors (Lipinski definition) is 2. The van der Waals surface area contributed by atoms with E-state index in [0.29, 0.717) is 12.0 Å². The van der Waals surface area contributed by atoms with Crippen LogP contribution in [0.4, 0.5) is 0 Å². The van der Waals surface area contributed by atoms with Gasteiger partial charge in [-0.15, -0.1) is 10.2 Å². The molecule has 0 unspecified atom stereocenters. The minimum absolute atomic E-state index is 0.164. The zero-order valence-electron chi connectivity index (χ0n) is 12.9. The van der Waals surface area contributed by atoms with Crippen LogP contribution in [0.3, 0.4) is 0 Å². The van der Waals surface area contributed by atoms with Crippen molar-refractivity contribution in [1.29, 1.82) is 0 Å². The molecule has 0 amide bonds. The van der Waals surface area contributed by atoms with Gasteiger partial charge in [-0.05, 0) is 57.4 Å². The molecule has 0 bridgehead atoms. The Hall–Kier alpha value is -1.09. The van der Waals surface area contributed by atoms with Gasteiger partial charge in [0.15, 0.2) is 0 Å². The topological polar surface area (TPSA) is 30.7 Å². The van der Waals surface area contributed by atoms with Crippen LogP contribution in [0.15, 0.2) is 22.8 Å². The van der Waals surface area contributed by atoms with Gasteiger partial charge in [-0.1, -0.05) is 29.7 Å². The Balaban J connectivity index is 1.60. The van der Waals surface area contributed by atoms with Crippen molar-refractivity contribution in [2.24, 2.45) is 0 Å². The fourth-order valence-corrected chi connectivity index (χ4v) is 4.33. The second kappa shape index (κ2) is 4.70. The zero-order chi connectivity index (χ0) is 14.7. The molecule has 0 atom stereocenters. The van der Waals surface area contributed by atoms with Gasteiger partial charge in [0.25, 0.3) is 0 Å². The highest BCUT2D eigenvalue weighted by atomic mass is 35.5. The molecule has 1 aromatic rings. The van der Waals surface area contributed by atoms with E-state index in [-0.39, 0.29) is 5.41 Å². The van der Waals surface area contributed by atoms with Crippen LogP contribution < -0.4 is 0 Å². The summed E-state index contributed by atoms with van der Waals surface area (Å²) < 4.78 is 2.55. The Morgan fingerprint density at radius 1 is 1.05 bits per heavy atom. The van der Waals surface area contributed by atoms with Crippen LogP contribution in [0.1, 0.15) is 81.4 Å². The van der Waals surface area contributed by atoms with Crippen LogP contribution in [0.25, 0.3) is 0 Å². The average Bonchev–Trinajstić information content (AvgIpc) is 3.39. The molecular formula is C18H22ClN3. The third kappa shape index (κ3) is 1.94. The minimum Gasteiger partial charge on any atom is -0.311 e. The van der Waals surface area contributed by atoms with E-state index in [2.05, 4.69) is 21.8 Å². The van der Waals surface area contributed by atoms with Gasteiger partial charge in [-0.2, -0.15) is 0 Å². The third-order valence-corrected chi connectivity index (χ3v) is 6.24. The summed E-state index contributed by atoms with van der Waals surface area (Å²) in [4.78, 5) is 0. The van der Waals surface area contributed by atoms with E-state index >= 15 is 0 Å². The first-order chi connectivity index (χ1) is 10.8. The van der Waals surface area contributed by atoms with E-state index in [1.807, 2.05) is 0 Å². The number of allylic oxidation sites excluding steroid dienone is 4. The van der Waals surface area contributed by atoms with Crippen molar-refractivity contribution in [2.75, 3.05) is 0 Å². The average molecular weight is 316 g/mol. The summed E-state index contributed by atoms with van der Waals surface area (Å²) in [6, 6.07) is 0.682. The van der Waals surface area contributed by atoms with Crippen molar-refractivity contribution < 1.29 is 0 Å². The maximum Gasteiger partial charge on any atom is 0.143 e. The van der Waals surface area contributed by atoms with Crippen LogP contribution in [0, 0.1) is 0 Å². The predicted molar refractivity (Wildman–Crippen MR) is 87.1 cm³/mol. The van der Waals surface area contributed by atoms with Gasteiger partial charge in [-0.25, -0.2) is 0 Å². The molecule has 4 aliphatic rings. The summed E-state index contributed by atoms with van der Waals surface area (Å²) in [5.74, 6) is 3.25. The summed E-state index contributed by atoms with van der Waals surface area (Å²) in [5.41, 5.74) is 1.70. The Bertz CT molecular complexity index is 673. The number of halogens is 1. The molecule has 3 saturated carbocycles. The standard InChI is InChI=1S/C18H22ClN3/c19-14-6-4-13(5-7-14)18(10-1-11-18)17-21-20-16(12-2-3-12)22(17)15-8-9-15/h4,6,12,15H,1-3,5,7-11H2. The monoisotopic (exact) mass is 315 g/mol.